The zero-order valence-corrected chi connectivity index (χ0v) is 15.0. The van der Waals surface area contributed by atoms with Crippen molar-refractivity contribution in [2.75, 3.05) is 49.6 Å². The Morgan fingerprint density at radius 2 is 1.81 bits per heavy atom. The van der Waals surface area contributed by atoms with Gasteiger partial charge in [-0.3, -0.25) is 5.10 Å². The van der Waals surface area contributed by atoms with Crippen molar-refractivity contribution < 1.29 is 0 Å². The van der Waals surface area contributed by atoms with Crippen LogP contribution in [0.5, 0.6) is 0 Å². The Hall–Kier alpha value is -2.67. The Bertz CT molecular complexity index is 912. The average molecular weight is 349 g/mol. The van der Waals surface area contributed by atoms with Crippen LogP contribution in [0, 0.1) is 0 Å². The van der Waals surface area contributed by atoms with E-state index in [2.05, 4.69) is 62.3 Å². The predicted octanol–water partition coefficient (Wildman–Crippen LogP) is 1.67. The number of hydrogen-bond donors (Lipinski definition) is 1. The van der Waals surface area contributed by atoms with Crippen molar-refractivity contribution in [2.45, 2.75) is 13.0 Å². The standard InChI is InChI=1S/C19H23N7/c1-24-9-11-25(12-10-24)19-20-17-16-15(22-23-17)7-8-26(18(16)21-19)13-14-5-3-2-4-6-14/h2-6H,7-13H2,1H3,(H,20,21,22,23). The highest BCUT2D eigenvalue weighted by Crippen LogP contribution is 2.33. The Kier molecular flexibility index (Phi) is 3.74. The van der Waals surface area contributed by atoms with Gasteiger partial charge in [0.2, 0.25) is 5.95 Å². The summed E-state index contributed by atoms with van der Waals surface area (Å²) >= 11 is 0. The second-order valence-electron chi connectivity index (χ2n) is 7.20. The maximum absolute atomic E-state index is 4.99. The molecule has 5 rings (SSSR count). The molecule has 134 valence electrons. The molecule has 0 bridgehead atoms. The third-order valence-corrected chi connectivity index (χ3v) is 5.39. The SMILES string of the molecule is CN1CCN(c2nc3c4c([nH]nc4n2)CCN3Cc2ccccc2)CC1. The first kappa shape index (κ1) is 15.6. The van der Waals surface area contributed by atoms with Gasteiger partial charge in [-0.25, -0.2) is 0 Å². The van der Waals surface area contributed by atoms with Gasteiger partial charge in [0.15, 0.2) is 5.65 Å². The highest BCUT2D eigenvalue weighted by Gasteiger charge is 2.26. The molecule has 4 heterocycles. The summed E-state index contributed by atoms with van der Waals surface area (Å²) in [6.07, 6.45) is 0.952. The summed E-state index contributed by atoms with van der Waals surface area (Å²) < 4.78 is 0. The molecule has 0 amide bonds. The molecule has 2 aliphatic rings. The van der Waals surface area contributed by atoms with E-state index in [1.807, 2.05) is 0 Å². The molecule has 1 saturated heterocycles. The number of piperazine rings is 1. The summed E-state index contributed by atoms with van der Waals surface area (Å²) in [6, 6.07) is 10.6. The Morgan fingerprint density at radius 1 is 1.00 bits per heavy atom. The fourth-order valence-corrected chi connectivity index (χ4v) is 3.82. The second kappa shape index (κ2) is 6.25. The first-order valence-electron chi connectivity index (χ1n) is 9.25. The Balaban J connectivity index is 1.53. The molecule has 2 aliphatic heterocycles. The molecule has 2 aromatic heterocycles. The fourth-order valence-electron chi connectivity index (χ4n) is 3.82. The lowest BCUT2D eigenvalue weighted by molar-refractivity contribution is 0.311. The van der Waals surface area contributed by atoms with Crippen LogP contribution in [0.25, 0.3) is 11.0 Å². The minimum absolute atomic E-state index is 0.789. The molecule has 0 aliphatic carbocycles. The van der Waals surface area contributed by atoms with Gasteiger partial charge in [-0.05, 0) is 12.6 Å². The van der Waals surface area contributed by atoms with Crippen molar-refractivity contribution in [1.82, 2.24) is 25.1 Å². The van der Waals surface area contributed by atoms with Gasteiger partial charge in [0.05, 0.1) is 11.1 Å². The molecular formula is C19H23N7. The van der Waals surface area contributed by atoms with Gasteiger partial charge in [0.1, 0.15) is 5.82 Å². The summed E-state index contributed by atoms with van der Waals surface area (Å²) in [5.74, 6) is 1.82. The van der Waals surface area contributed by atoms with Gasteiger partial charge < -0.3 is 14.7 Å². The van der Waals surface area contributed by atoms with Gasteiger partial charge in [0, 0.05) is 45.7 Å². The lowest BCUT2D eigenvalue weighted by Gasteiger charge is -2.33. The van der Waals surface area contributed by atoms with Crippen LogP contribution in [-0.2, 0) is 13.0 Å². The first-order chi connectivity index (χ1) is 12.8. The Morgan fingerprint density at radius 3 is 2.62 bits per heavy atom. The van der Waals surface area contributed by atoms with Gasteiger partial charge in [-0.2, -0.15) is 15.1 Å². The fraction of sp³-hybridized carbons (Fsp3) is 0.421. The maximum Gasteiger partial charge on any atom is 0.229 e. The van der Waals surface area contributed by atoms with Crippen LogP contribution < -0.4 is 9.80 Å². The predicted molar refractivity (Wildman–Crippen MR) is 103 cm³/mol. The zero-order chi connectivity index (χ0) is 17.5. The highest BCUT2D eigenvalue weighted by atomic mass is 15.3. The molecule has 7 heteroatoms. The molecule has 0 saturated carbocycles. The van der Waals surface area contributed by atoms with E-state index in [-0.39, 0.29) is 0 Å². The van der Waals surface area contributed by atoms with Crippen LogP contribution in [0.1, 0.15) is 11.3 Å². The number of H-pyrrole nitrogens is 1. The van der Waals surface area contributed by atoms with E-state index in [4.69, 9.17) is 9.97 Å². The van der Waals surface area contributed by atoms with E-state index < -0.39 is 0 Å². The van der Waals surface area contributed by atoms with Crippen LogP contribution in [0.15, 0.2) is 30.3 Å². The van der Waals surface area contributed by atoms with Crippen molar-refractivity contribution >= 4 is 22.8 Å². The van der Waals surface area contributed by atoms with Gasteiger partial charge >= 0.3 is 0 Å². The van der Waals surface area contributed by atoms with Crippen molar-refractivity contribution in [1.29, 1.82) is 0 Å². The molecule has 1 N–H and O–H groups in total. The van der Waals surface area contributed by atoms with Crippen LogP contribution >= 0.6 is 0 Å². The summed E-state index contributed by atoms with van der Waals surface area (Å²) in [7, 11) is 2.16. The van der Waals surface area contributed by atoms with Crippen LogP contribution in [0.4, 0.5) is 11.8 Å². The van der Waals surface area contributed by atoms with Gasteiger partial charge in [-0.15, -0.1) is 0 Å². The van der Waals surface area contributed by atoms with E-state index in [0.29, 0.717) is 0 Å². The molecule has 3 aromatic rings. The zero-order valence-electron chi connectivity index (χ0n) is 15.0. The smallest absolute Gasteiger partial charge is 0.229 e. The molecule has 0 spiro atoms. The number of benzene rings is 1. The third kappa shape index (κ3) is 2.68. The minimum Gasteiger partial charge on any atom is -0.351 e. The van der Waals surface area contributed by atoms with Gasteiger partial charge in [-0.1, -0.05) is 30.3 Å². The molecule has 1 fully saturated rings. The number of likely N-dealkylation sites (N-methyl/N-ethyl adjacent to an activating group) is 1. The van der Waals surface area contributed by atoms with Crippen molar-refractivity contribution in [3.8, 4) is 0 Å². The third-order valence-electron chi connectivity index (χ3n) is 5.39. The monoisotopic (exact) mass is 349 g/mol. The van der Waals surface area contributed by atoms with E-state index in [0.717, 1.165) is 74.2 Å². The molecular weight excluding hydrogens is 326 g/mol. The quantitative estimate of drug-likeness (QED) is 0.776. The lowest BCUT2D eigenvalue weighted by Crippen LogP contribution is -2.45. The summed E-state index contributed by atoms with van der Waals surface area (Å²) in [6.45, 7) is 5.79. The van der Waals surface area contributed by atoms with Crippen molar-refractivity contribution in [3.05, 3.63) is 41.6 Å². The van der Waals surface area contributed by atoms with Crippen LogP contribution in [0.2, 0.25) is 0 Å². The van der Waals surface area contributed by atoms with Gasteiger partial charge in [0.25, 0.3) is 0 Å². The number of anilines is 2. The van der Waals surface area contributed by atoms with E-state index in [1.165, 1.54) is 5.56 Å². The molecule has 0 atom stereocenters. The molecule has 1 aromatic carbocycles. The minimum atomic E-state index is 0.789. The van der Waals surface area contributed by atoms with Crippen molar-refractivity contribution in [3.63, 3.8) is 0 Å². The van der Waals surface area contributed by atoms with Crippen molar-refractivity contribution in [2.24, 2.45) is 0 Å². The molecule has 7 nitrogen and oxygen atoms in total. The maximum atomic E-state index is 4.99. The first-order valence-corrected chi connectivity index (χ1v) is 9.25. The van der Waals surface area contributed by atoms with Crippen LogP contribution in [0.3, 0.4) is 0 Å². The van der Waals surface area contributed by atoms with E-state index in [1.54, 1.807) is 0 Å². The molecule has 0 radical (unpaired) electrons. The van der Waals surface area contributed by atoms with Crippen LogP contribution in [-0.4, -0.2) is 64.8 Å². The number of aromatic amines is 1. The number of rotatable bonds is 3. The summed E-state index contributed by atoms with van der Waals surface area (Å²) in [5.41, 5.74) is 3.24. The summed E-state index contributed by atoms with van der Waals surface area (Å²) in [5, 5.41) is 8.72. The number of hydrogen-bond acceptors (Lipinski definition) is 6. The largest absolute Gasteiger partial charge is 0.351 e. The van der Waals surface area contributed by atoms with E-state index in [9.17, 15) is 0 Å². The van der Waals surface area contributed by atoms with E-state index >= 15 is 0 Å². The topological polar surface area (TPSA) is 64.2 Å². The summed E-state index contributed by atoms with van der Waals surface area (Å²) in [4.78, 5) is 16.7. The molecule has 0 unspecified atom stereocenters. The Labute approximate surface area is 152 Å². The number of nitrogens with one attached hydrogen (secondary N) is 1. The highest BCUT2D eigenvalue weighted by molar-refractivity contribution is 5.91. The lowest BCUT2D eigenvalue weighted by atomic mass is 10.1. The average Bonchev–Trinajstić information content (AvgIpc) is 3.09. The normalized spacial score (nSPS) is 17.9. The molecule has 26 heavy (non-hydrogen) atoms. The number of aromatic nitrogens is 4. The number of nitrogens with zero attached hydrogens (tertiary/aromatic N) is 6. The second-order valence-corrected chi connectivity index (χ2v) is 7.20.